The van der Waals surface area contributed by atoms with Gasteiger partial charge in [0.05, 0.1) is 6.04 Å². The van der Waals surface area contributed by atoms with E-state index in [0.717, 1.165) is 18.8 Å². The van der Waals surface area contributed by atoms with Crippen molar-refractivity contribution in [3.8, 4) is 0 Å². The van der Waals surface area contributed by atoms with Crippen LogP contribution in [-0.4, -0.2) is 49.6 Å². The SMILES string of the molecule is CCN(CC)C(CNC(=O)c1cccc(N2CCNC2=O)c1)c1ccsc1. The van der Waals surface area contributed by atoms with Crippen LogP contribution in [0.1, 0.15) is 35.8 Å². The second-order valence-electron chi connectivity index (χ2n) is 6.44. The maximum absolute atomic E-state index is 12.7. The van der Waals surface area contributed by atoms with Gasteiger partial charge in [-0.05, 0) is 53.7 Å². The lowest BCUT2D eigenvalue weighted by atomic mass is 10.1. The summed E-state index contributed by atoms with van der Waals surface area (Å²) in [6, 6.07) is 9.38. The molecule has 0 aliphatic carbocycles. The topological polar surface area (TPSA) is 64.7 Å². The third kappa shape index (κ3) is 4.48. The monoisotopic (exact) mass is 386 g/mol. The molecule has 144 valence electrons. The highest BCUT2D eigenvalue weighted by atomic mass is 32.1. The summed E-state index contributed by atoms with van der Waals surface area (Å²) >= 11 is 1.67. The molecule has 3 amide bonds. The lowest BCUT2D eigenvalue weighted by molar-refractivity contribution is 0.0935. The summed E-state index contributed by atoms with van der Waals surface area (Å²) < 4.78 is 0. The largest absolute Gasteiger partial charge is 0.350 e. The van der Waals surface area contributed by atoms with Gasteiger partial charge in [-0.3, -0.25) is 14.6 Å². The van der Waals surface area contributed by atoms with Crippen molar-refractivity contribution in [3.05, 3.63) is 52.2 Å². The van der Waals surface area contributed by atoms with Crippen LogP contribution in [0.25, 0.3) is 0 Å². The number of hydrogen-bond donors (Lipinski definition) is 2. The maximum atomic E-state index is 12.7. The molecule has 1 saturated heterocycles. The smallest absolute Gasteiger partial charge is 0.321 e. The molecule has 1 aromatic heterocycles. The van der Waals surface area contributed by atoms with E-state index >= 15 is 0 Å². The third-order valence-corrected chi connectivity index (χ3v) is 5.62. The predicted octanol–water partition coefficient (Wildman–Crippen LogP) is 3.09. The number of likely N-dealkylation sites (N-methyl/N-ethyl adjacent to an activating group) is 1. The summed E-state index contributed by atoms with van der Waals surface area (Å²) in [6.07, 6.45) is 0. The molecule has 0 radical (unpaired) electrons. The number of urea groups is 1. The molecule has 1 aliphatic rings. The fourth-order valence-electron chi connectivity index (χ4n) is 3.41. The molecule has 1 aromatic carbocycles. The first-order valence-corrected chi connectivity index (χ1v) is 10.3. The van der Waals surface area contributed by atoms with Gasteiger partial charge in [0, 0.05) is 30.9 Å². The van der Waals surface area contributed by atoms with Crippen molar-refractivity contribution in [3.63, 3.8) is 0 Å². The van der Waals surface area contributed by atoms with Gasteiger partial charge in [-0.25, -0.2) is 4.79 Å². The molecule has 7 heteroatoms. The van der Waals surface area contributed by atoms with Crippen LogP contribution in [0, 0.1) is 0 Å². The van der Waals surface area contributed by atoms with Gasteiger partial charge in [0.15, 0.2) is 0 Å². The molecule has 3 rings (SSSR count). The number of amides is 3. The highest BCUT2D eigenvalue weighted by Crippen LogP contribution is 2.23. The number of carbonyl (C=O) groups is 2. The molecule has 2 aromatic rings. The number of carbonyl (C=O) groups excluding carboxylic acids is 2. The molecule has 0 bridgehead atoms. The predicted molar refractivity (Wildman–Crippen MR) is 110 cm³/mol. The molecule has 1 aliphatic heterocycles. The van der Waals surface area contributed by atoms with Crippen molar-refractivity contribution < 1.29 is 9.59 Å². The van der Waals surface area contributed by atoms with E-state index in [0.29, 0.717) is 25.2 Å². The highest BCUT2D eigenvalue weighted by molar-refractivity contribution is 7.07. The Morgan fingerprint density at radius 3 is 2.78 bits per heavy atom. The number of hydrogen-bond acceptors (Lipinski definition) is 4. The number of thiophene rings is 1. The molecular weight excluding hydrogens is 360 g/mol. The Labute approximate surface area is 164 Å². The first-order valence-electron chi connectivity index (χ1n) is 9.33. The molecule has 6 nitrogen and oxygen atoms in total. The molecule has 27 heavy (non-hydrogen) atoms. The van der Waals surface area contributed by atoms with Crippen LogP contribution in [0.3, 0.4) is 0 Å². The molecule has 0 spiro atoms. The number of anilines is 1. The van der Waals surface area contributed by atoms with Crippen LogP contribution in [0.5, 0.6) is 0 Å². The van der Waals surface area contributed by atoms with Gasteiger partial charge < -0.3 is 10.6 Å². The van der Waals surface area contributed by atoms with Crippen molar-refractivity contribution in [2.75, 3.05) is 37.6 Å². The van der Waals surface area contributed by atoms with E-state index in [1.807, 2.05) is 12.1 Å². The molecule has 1 fully saturated rings. The van der Waals surface area contributed by atoms with Crippen molar-refractivity contribution >= 4 is 29.0 Å². The first kappa shape index (κ1) is 19.4. The average Bonchev–Trinajstić information content (AvgIpc) is 3.36. The van der Waals surface area contributed by atoms with Gasteiger partial charge in [-0.2, -0.15) is 11.3 Å². The van der Waals surface area contributed by atoms with Gasteiger partial charge in [0.2, 0.25) is 0 Å². The normalized spacial score (nSPS) is 15.1. The van der Waals surface area contributed by atoms with Gasteiger partial charge in [-0.15, -0.1) is 0 Å². The Hall–Kier alpha value is -2.38. The summed E-state index contributed by atoms with van der Waals surface area (Å²) in [4.78, 5) is 28.6. The van der Waals surface area contributed by atoms with E-state index in [-0.39, 0.29) is 18.0 Å². The summed E-state index contributed by atoms with van der Waals surface area (Å²) in [7, 11) is 0. The van der Waals surface area contributed by atoms with E-state index in [2.05, 4.69) is 46.2 Å². The molecular formula is C20H26N4O2S. The van der Waals surface area contributed by atoms with Crippen LogP contribution in [0.15, 0.2) is 41.1 Å². The zero-order chi connectivity index (χ0) is 19.2. The number of benzene rings is 1. The minimum Gasteiger partial charge on any atom is -0.350 e. The zero-order valence-electron chi connectivity index (χ0n) is 15.8. The van der Waals surface area contributed by atoms with Crippen molar-refractivity contribution in [2.24, 2.45) is 0 Å². The summed E-state index contributed by atoms with van der Waals surface area (Å²) in [5.41, 5.74) is 2.54. The summed E-state index contributed by atoms with van der Waals surface area (Å²) in [5, 5.41) is 10.1. The maximum Gasteiger partial charge on any atom is 0.321 e. The minimum atomic E-state index is -0.121. The van der Waals surface area contributed by atoms with Crippen LogP contribution in [-0.2, 0) is 0 Å². The quantitative estimate of drug-likeness (QED) is 0.733. The molecule has 1 atom stereocenters. The zero-order valence-corrected chi connectivity index (χ0v) is 16.6. The second-order valence-corrected chi connectivity index (χ2v) is 7.22. The summed E-state index contributed by atoms with van der Waals surface area (Å²) in [5.74, 6) is -0.121. The van der Waals surface area contributed by atoms with Crippen LogP contribution in [0.4, 0.5) is 10.5 Å². The lowest BCUT2D eigenvalue weighted by Crippen LogP contribution is -2.38. The lowest BCUT2D eigenvalue weighted by Gasteiger charge is -2.29. The number of nitrogens with zero attached hydrogens (tertiary/aromatic N) is 2. The fraction of sp³-hybridized carbons (Fsp3) is 0.400. The molecule has 1 unspecified atom stereocenters. The van der Waals surface area contributed by atoms with Crippen molar-refractivity contribution in [2.45, 2.75) is 19.9 Å². The van der Waals surface area contributed by atoms with Crippen LogP contribution >= 0.6 is 11.3 Å². The van der Waals surface area contributed by atoms with Crippen LogP contribution in [0.2, 0.25) is 0 Å². The van der Waals surface area contributed by atoms with Gasteiger partial charge >= 0.3 is 6.03 Å². The molecule has 2 N–H and O–H groups in total. The number of rotatable bonds is 8. The van der Waals surface area contributed by atoms with E-state index in [1.165, 1.54) is 5.56 Å². The average molecular weight is 387 g/mol. The second kappa shape index (κ2) is 9.01. The third-order valence-electron chi connectivity index (χ3n) is 4.91. The molecule has 2 heterocycles. The van der Waals surface area contributed by atoms with Gasteiger partial charge in [-0.1, -0.05) is 19.9 Å². The minimum absolute atomic E-state index is 0.119. The Balaban J connectivity index is 1.70. The van der Waals surface area contributed by atoms with E-state index in [1.54, 1.807) is 28.4 Å². The Kier molecular flexibility index (Phi) is 6.47. The highest BCUT2D eigenvalue weighted by Gasteiger charge is 2.23. The Morgan fingerprint density at radius 2 is 2.15 bits per heavy atom. The first-order chi connectivity index (χ1) is 13.1. The van der Waals surface area contributed by atoms with Crippen molar-refractivity contribution in [1.29, 1.82) is 0 Å². The Bertz CT molecular complexity index is 774. The standard InChI is InChI=1S/C20H26N4O2S/c1-3-23(4-2)18(16-8-11-27-14-16)13-22-19(25)15-6-5-7-17(12-15)24-10-9-21-20(24)26/h5-8,11-12,14,18H,3-4,9-10,13H2,1-2H3,(H,21,26)(H,22,25). The van der Waals surface area contributed by atoms with E-state index in [4.69, 9.17) is 0 Å². The van der Waals surface area contributed by atoms with Crippen LogP contribution < -0.4 is 15.5 Å². The van der Waals surface area contributed by atoms with Gasteiger partial charge in [0.25, 0.3) is 5.91 Å². The summed E-state index contributed by atoms with van der Waals surface area (Å²) in [6.45, 7) is 7.91. The van der Waals surface area contributed by atoms with Crippen molar-refractivity contribution in [1.82, 2.24) is 15.5 Å². The van der Waals surface area contributed by atoms with E-state index < -0.39 is 0 Å². The Morgan fingerprint density at radius 1 is 1.33 bits per heavy atom. The number of nitrogens with one attached hydrogen (secondary N) is 2. The fourth-order valence-corrected chi connectivity index (χ4v) is 4.12. The van der Waals surface area contributed by atoms with Gasteiger partial charge in [0.1, 0.15) is 0 Å². The van der Waals surface area contributed by atoms with E-state index in [9.17, 15) is 9.59 Å². The molecule has 0 saturated carbocycles.